The van der Waals surface area contributed by atoms with E-state index < -0.39 is 16.1 Å². The Kier molecular flexibility index (Phi) is 4.87. The standard InChI is InChI=1S/C16H22N2O4S/c19-16(17-12-5-2-1-3-6-12)22-14-8-4-7-13(11-14)18-23(20,21)15-9-10-15/h1-3,5-6,13-15,18H,4,7-11H2,(H,17,19)/t13-,14-/m0/s1. The minimum absolute atomic E-state index is 0.135. The summed E-state index contributed by atoms with van der Waals surface area (Å²) < 4.78 is 32.2. The number of nitrogens with one attached hydrogen (secondary N) is 2. The number of ether oxygens (including phenoxy) is 1. The maximum atomic E-state index is 12.0. The molecule has 2 aliphatic carbocycles. The Morgan fingerprint density at radius 1 is 1.09 bits per heavy atom. The third-order valence-electron chi connectivity index (χ3n) is 4.21. The van der Waals surface area contributed by atoms with Gasteiger partial charge in [0.2, 0.25) is 10.0 Å². The normalized spacial score (nSPS) is 24.9. The van der Waals surface area contributed by atoms with Crippen LogP contribution in [0, 0.1) is 0 Å². The molecule has 0 aromatic heterocycles. The third kappa shape index (κ3) is 4.68. The molecule has 0 aliphatic heterocycles. The summed E-state index contributed by atoms with van der Waals surface area (Å²) in [5.74, 6) is 0. The van der Waals surface area contributed by atoms with Crippen molar-refractivity contribution >= 4 is 21.8 Å². The molecule has 2 saturated carbocycles. The maximum absolute atomic E-state index is 12.0. The van der Waals surface area contributed by atoms with Crippen LogP contribution in [-0.2, 0) is 14.8 Å². The van der Waals surface area contributed by atoms with Gasteiger partial charge in [-0.05, 0) is 44.2 Å². The fraction of sp³-hybridized carbons (Fsp3) is 0.562. The van der Waals surface area contributed by atoms with Gasteiger partial charge in [-0.25, -0.2) is 17.9 Å². The number of anilines is 1. The van der Waals surface area contributed by atoms with E-state index in [4.69, 9.17) is 4.74 Å². The van der Waals surface area contributed by atoms with E-state index in [2.05, 4.69) is 10.0 Å². The summed E-state index contributed by atoms with van der Waals surface area (Å²) >= 11 is 0. The molecule has 0 bridgehead atoms. The van der Waals surface area contributed by atoms with Crippen molar-refractivity contribution in [3.63, 3.8) is 0 Å². The summed E-state index contributed by atoms with van der Waals surface area (Å²) in [6.07, 6.45) is 3.71. The van der Waals surface area contributed by atoms with Gasteiger partial charge in [-0.3, -0.25) is 5.32 Å². The Balaban J connectivity index is 1.49. The van der Waals surface area contributed by atoms with Gasteiger partial charge in [-0.2, -0.15) is 0 Å². The van der Waals surface area contributed by atoms with E-state index in [1.165, 1.54) is 0 Å². The van der Waals surface area contributed by atoms with Crippen LogP contribution in [0.1, 0.15) is 38.5 Å². The number of para-hydroxylation sites is 1. The first-order valence-electron chi connectivity index (χ1n) is 8.07. The van der Waals surface area contributed by atoms with Gasteiger partial charge in [0.05, 0.1) is 5.25 Å². The summed E-state index contributed by atoms with van der Waals surface area (Å²) in [6, 6.07) is 8.97. The van der Waals surface area contributed by atoms with Crippen LogP contribution in [0.4, 0.5) is 10.5 Å². The van der Waals surface area contributed by atoms with Gasteiger partial charge in [-0.15, -0.1) is 0 Å². The van der Waals surface area contributed by atoms with E-state index in [9.17, 15) is 13.2 Å². The van der Waals surface area contributed by atoms with Crippen molar-refractivity contribution in [3.8, 4) is 0 Å². The topological polar surface area (TPSA) is 84.5 Å². The first-order chi connectivity index (χ1) is 11.0. The highest BCUT2D eigenvalue weighted by atomic mass is 32.2. The molecular formula is C16H22N2O4S. The molecule has 3 rings (SSSR count). The average Bonchev–Trinajstić information content (AvgIpc) is 3.33. The average molecular weight is 338 g/mol. The van der Waals surface area contributed by atoms with Crippen molar-refractivity contribution in [2.24, 2.45) is 0 Å². The number of hydrogen-bond donors (Lipinski definition) is 2. The van der Waals surface area contributed by atoms with Crippen molar-refractivity contribution in [1.82, 2.24) is 4.72 Å². The van der Waals surface area contributed by atoms with Crippen LogP contribution >= 0.6 is 0 Å². The van der Waals surface area contributed by atoms with E-state index in [1.54, 1.807) is 12.1 Å². The first-order valence-corrected chi connectivity index (χ1v) is 9.61. The van der Waals surface area contributed by atoms with Crippen molar-refractivity contribution in [1.29, 1.82) is 0 Å². The lowest BCUT2D eigenvalue weighted by atomic mass is 9.94. The lowest BCUT2D eigenvalue weighted by Gasteiger charge is -2.29. The summed E-state index contributed by atoms with van der Waals surface area (Å²) in [4.78, 5) is 11.9. The lowest BCUT2D eigenvalue weighted by molar-refractivity contribution is 0.0793. The minimum atomic E-state index is -3.19. The van der Waals surface area contributed by atoms with Crippen molar-refractivity contribution in [2.45, 2.75) is 55.9 Å². The third-order valence-corrected chi connectivity index (χ3v) is 6.23. The van der Waals surface area contributed by atoms with Gasteiger partial charge < -0.3 is 4.74 Å². The molecule has 2 aliphatic rings. The predicted molar refractivity (Wildman–Crippen MR) is 87.7 cm³/mol. The van der Waals surface area contributed by atoms with Crippen LogP contribution in [0.5, 0.6) is 0 Å². The lowest BCUT2D eigenvalue weighted by Crippen LogP contribution is -2.42. The summed E-state index contributed by atoms with van der Waals surface area (Å²) in [5.41, 5.74) is 0.680. The Bertz CT molecular complexity index is 643. The molecule has 6 nitrogen and oxygen atoms in total. The largest absolute Gasteiger partial charge is 0.446 e. The van der Waals surface area contributed by atoms with E-state index >= 15 is 0 Å². The second-order valence-corrected chi connectivity index (χ2v) is 8.24. The second kappa shape index (κ2) is 6.88. The molecule has 23 heavy (non-hydrogen) atoms. The van der Waals surface area contributed by atoms with E-state index in [-0.39, 0.29) is 17.4 Å². The van der Waals surface area contributed by atoms with Crippen molar-refractivity contribution < 1.29 is 17.9 Å². The molecule has 1 aromatic rings. The SMILES string of the molecule is O=C(Nc1ccccc1)O[C@H]1CCC[C@H](NS(=O)(=O)C2CC2)C1. The number of rotatable bonds is 5. The van der Waals surface area contributed by atoms with Crippen LogP contribution < -0.4 is 10.0 Å². The highest BCUT2D eigenvalue weighted by molar-refractivity contribution is 7.90. The summed E-state index contributed by atoms with van der Waals surface area (Å²) in [6.45, 7) is 0. The molecule has 0 saturated heterocycles. The highest BCUT2D eigenvalue weighted by Gasteiger charge is 2.38. The second-order valence-electron chi connectivity index (χ2n) is 6.24. The van der Waals surface area contributed by atoms with Gasteiger partial charge in [0.15, 0.2) is 0 Å². The van der Waals surface area contributed by atoms with Gasteiger partial charge >= 0.3 is 6.09 Å². The Morgan fingerprint density at radius 3 is 2.52 bits per heavy atom. The van der Waals surface area contributed by atoms with Crippen molar-refractivity contribution in [3.05, 3.63) is 30.3 Å². The first kappa shape index (κ1) is 16.3. The molecular weight excluding hydrogens is 316 g/mol. The zero-order valence-electron chi connectivity index (χ0n) is 12.9. The van der Waals surface area contributed by atoms with E-state index in [0.717, 1.165) is 32.1 Å². The molecule has 0 spiro atoms. The number of hydrogen-bond acceptors (Lipinski definition) is 4. The van der Waals surface area contributed by atoms with Crippen LogP contribution in [0.15, 0.2) is 30.3 Å². The minimum Gasteiger partial charge on any atom is -0.446 e. The summed E-state index contributed by atoms with van der Waals surface area (Å²) in [5, 5.41) is 2.46. The smallest absolute Gasteiger partial charge is 0.411 e. The summed E-state index contributed by atoms with van der Waals surface area (Å²) in [7, 11) is -3.19. The number of carbonyl (C=O) groups is 1. The fourth-order valence-corrected chi connectivity index (χ4v) is 4.51. The number of sulfonamides is 1. The van der Waals surface area contributed by atoms with Crippen LogP contribution in [0.2, 0.25) is 0 Å². The number of benzene rings is 1. The predicted octanol–water partition coefficient (Wildman–Crippen LogP) is 2.63. The van der Waals surface area contributed by atoms with Crippen LogP contribution in [-0.4, -0.2) is 31.9 Å². The molecule has 0 radical (unpaired) electrons. The maximum Gasteiger partial charge on any atom is 0.411 e. The molecule has 0 heterocycles. The molecule has 2 atom stereocenters. The molecule has 2 fully saturated rings. The van der Waals surface area contributed by atoms with Crippen molar-refractivity contribution in [2.75, 3.05) is 5.32 Å². The molecule has 7 heteroatoms. The Hall–Kier alpha value is -1.60. The van der Waals surface area contributed by atoms with Gasteiger partial charge in [0.1, 0.15) is 6.10 Å². The van der Waals surface area contributed by atoms with Gasteiger partial charge in [-0.1, -0.05) is 18.2 Å². The van der Waals surface area contributed by atoms with Crippen LogP contribution in [0.3, 0.4) is 0 Å². The molecule has 126 valence electrons. The molecule has 1 aromatic carbocycles. The van der Waals surface area contributed by atoms with Gasteiger partial charge in [0.25, 0.3) is 0 Å². The molecule has 1 amide bonds. The Morgan fingerprint density at radius 2 is 1.83 bits per heavy atom. The van der Waals surface area contributed by atoms with Crippen LogP contribution in [0.25, 0.3) is 0 Å². The zero-order chi connectivity index (χ0) is 16.3. The fourth-order valence-electron chi connectivity index (χ4n) is 2.89. The number of amides is 1. The molecule has 2 N–H and O–H groups in total. The highest BCUT2D eigenvalue weighted by Crippen LogP contribution is 2.29. The number of carbonyl (C=O) groups excluding carboxylic acids is 1. The van der Waals surface area contributed by atoms with E-state index in [0.29, 0.717) is 12.1 Å². The van der Waals surface area contributed by atoms with Gasteiger partial charge in [0, 0.05) is 18.2 Å². The Labute approximate surface area is 136 Å². The molecule has 0 unspecified atom stereocenters. The quantitative estimate of drug-likeness (QED) is 0.864. The van der Waals surface area contributed by atoms with E-state index in [1.807, 2.05) is 18.2 Å². The zero-order valence-corrected chi connectivity index (χ0v) is 13.7. The monoisotopic (exact) mass is 338 g/mol.